The molecular formula is C22H17BrClNO2S. The molecular weight excluding hydrogens is 458 g/mol. The average Bonchev–Trinajstić information content (AvgIpc) is 3.31. The number of aromatic nitrogens is 1. The van der Waals surface area contributed by atoms with E-state index in [1.165, 1.54) is 0 Å². The second-order valence-corrected chi connectivity index (χ2v) is 9.20. The Morgan fingerprint density at radius 2 is 2.07 bits per heavy atom. The number of rotatable bonds is 5. The predicted molar refractivity (Wildman–Crippen MR) is 118 cm³/mol. The van der Waals surface area contributed by atoms with Crippen LogP contribution in [0.5, 0.6) is 0 Å². The van der Waals surface area contributed by atoms with E-state index < -0.39 is 6.10 Å². The lowest BCUT2D eigenvalue weighted by Gasteiger charge is -2.13. The van der Waals surface area contributed by atoms with Crippen LogP contribution in [0.1, 0.15) is 29.9 Å². The first kappa shape index (κ1) is 19.4. The third-order valence-electron chi connectivity index (χ3n) is 4.52. The zero-order chi connectivity index (χ0) is 19.7. The van der Waals surface area contributed by atoms with Gasteiger partial charge < -0.3 is 9.52 Å². The molecule has 0 radical (unpaired) electrons. The molecule has 0 fully saturated rings. The lowest BCUT2D eigenvalue weighted by atomic mass is 9.94. The van der Waals surface area contributed by atoms with Crippen LogP contribution in [0, 0.1) is 0 Å². The molecule has 142 valence electrons. The third-order valence-corrected chi connectivity index (χ3v) is 6.40. The van der Waals surface area contributed by atoms with E-state index in [1.54, 1.807) is 23.7 Å². The van der Waals surface area contributed by atoms with Gasteiger partial charge >= 0.3 is 0 Å². The minimum absolute atomic E-state index is 0.620. The van der Waals surface area contributed by atoms with Crippen molar-refractivity contribution in [3.63, 3.8) is 0 Å². The van der Waals surface area contributed by atoms with Gasteiger partial charge in [-0.05, 0) is 46.3 Å². The average molecular weight is 475 g/mol. The molecule has 1 N–H and O–H groups in total. The molecule has 3 heterocycles. The van der Waals surface area contributed by atoms with E-state index in [4.69, 9.17) is 16.0 Å². The quantitative estimate of drug-likeness (QED) is 0.334. The number of aliphatic hydroxyl groups excluding tert-OH is 1. The fraction of sp³-hybridized carbons (Fsp3) is 0.136. The van der Waals surface area contributed by atoms with Crippen LogP contribution >= 0.6 is 38.9 Å². The van der Waals surface area contributed by atoms with Crippen molar-refractivity contribution < 1.29 is 9.52 Å². The van der Waals surface area contributed by atoms with Crippen LogP contribution in [-0.2, 0) is 6.42 Å². The molecule has 1 aromatic carbocycles. The van der Waals surface area contributed by atoms with Gasteiger partial charge in [-0.25, -0.2) is 0 Å². The van der Waals surface area contributed by atoms with E-state index in [0.29, 0.717) is 22.8 Å². The Bertz CT molecular complexity index is 1110. The van der Waals surface area contributed by atoms with Crippen LogP contribution in [-0.4, -0.2) is 10.1 Å². The van der Waals surface area contributed by atoms with Gasteiger partial charge in [0.05, 0.1) is 3.79 Å². The number of thiophene rings is 1. The first-order chi connectivity index (χ1) is 13.6. The van der Waals surface area contributed by atoms with Gasteiger partial charge in [0.1, 0.15) is 17.6 Å². The van der Waals surface area contributed by atoms with Gasteiger partial charge in [-0.15, -0.1) is 11.3 Å². The topological polar surface area (TPSA) is 46.3 Å². The molecule has 0 aliphatic heterocycles. The zero-order valence-electron chi connectivity index (χ0n) is 15.0. The maximum atomic E-state index is 11.3. The summed E-state index contributed by atoms with van der Waals surface area (Å²) in [7, 11) is 0. The highest BCUT2D eigenvalue weighted by Gasteiger charge is 2.28. The molecule has 0 spiro atoms. The first-order valence-corrected chi connectivity index (χ1v) is 10.8. The number of hydrogen-bond acceptors (Lipinski definition) is 4. The fourth-order valence-corrected chi connectivity index (χ4v) is 4.92. The van der Waals surface area contributed by atoms with Crippen molar-refractivity contribution in [1.29, 1.82) is 0 Å². The molecule has 3 nitrogen and oxygen atoms in total. The molecule has 28 heavy (non-hydrogen) atoms. The van der Waals surface area contributed by atoms with Crippen molar-refractivity contribution in [2.24, 2.45) is 0 Å². The van der Waals surface area contributed by atoms with Crippen molar-refractivity contribution in [3.05, 3.63) is 86.6 Å². The summed E-state index contributed by atoms with van der Waals surface area (Å²) in [4.78, 5) is 5.21. The van der Waals surface area contributed by atoms with Crippen molar-refractivity contribution in [1.82, 2.24) is 4.98 Å². The number of hydrogen-bond donors (Lipinski definition) is 1. The summed E-state index contributed by atoms with van der Waals surface area (Å²) in [5.41, 5.74) is 3.22. The minimum Gasteiger partial charge on any atom is -0.460 e. The van der Waals surface area contributed by atoms with Crippen molar-refractivity contribution in [2.75, 3.05) is 0 Å². The van der Waals surface area contributed by atoms with Gasteiger partial charge in [-0.3, -0.25) is 4.98 Å². The molecule has 4 aromatic rings. The van der Waals surface area contributed by atoms with E-state index in [9.17, 15) is 5.11 Å². The lowest BCUT2D eigenvalue weighted by molar-refractivity contribution is 0.220. The van der Waals surface area contributed by atoms with Gasteiger partial charge in [0.25, 0.3) is 0 Å². The molecule has 4 rings (SSSR count). The Hall–Kier alpha value is -1.92. The second-order valence-electron chi connectivity index (χ2n) is 6.30. The number of nitrogens with zero attached hydrogens (tertiary/aromatic N) is 1. The molecule has 0 aliphatic carbocycles. The highest BCUT2D eigenvalue weighted by atomic mass is 79.9. The predicted octanol–water partition coefficient (Wildman–Crippen LogP) is 7.13. The Kier molecular flexibility index (Phi) is 5.69. The van der Waals surface area contributed by atoms with Gasteiger partial charge in [0.15, 0.2) is 0 Å². The monoisotopic (exact) mass is 473 g/mol. The van der Waals surface area contributed by atoms with Crippen LogP contribution in [0.2, 0.25) is 5.02 Å². The van der Waals surface area contributed by atoms with Crippen LogP contribution in [0.25, 0.3) is 21.8 Å². The van der Waals surface area contributed by atoms with Crippen LogP contribution in [0.3, 0.4) is 0 Å². The second kappa shape index (κ2) is 8.21. The molecule has 1 atom stereocenters. The molecule has 1 unspecified atom stereocenters. The molecule has 3 aromatic heterocycles. The van der Waals surface area contributed by atoms with Crippen LogP contribution < -0.4 is 0 Å². The van der Waals surface area contributed by atoms with Gasteiger partial charge in [-0.2, -0.15) is 0 Å². The summed E-state index contributed by atoms with van der Waals surface area (Å²) in [6, 6.07) is 15.2. The Morgan fingerprint density at radius 1 is 1.21 bits per heavy atom. The normalized spacial score (nSPS) is 12.3. The standard InChI is InChI=1S/C22H17BrClNO2S/c1-2-16-19(17-8-9-18(23)28-17)20(21(26)14-6-4-10-25-12-14)22(27-16)13-5-3-7-15(24)11-13/h3-12,21,26H,2H2,1H3. The summed E-state index contributed by atoms with van der Waals surface area (Å²) in [5, 5.41) is 11.9. The van der Waals surface area contributed by atoms with Gasteiger partial charge in [-0.1, -0.05) is 36.7 Å². The van der Waals surface area contributed by atoms with E-state index in [0.717, 1.165) is 31.1 Å². The number of aryl methyl sites for hydroxylation is 1. The van der Waals surface area contributed by atoms with Crippen molar-refractivity contribution in [2.45, 2.75) is 19.4 Å². The maximum absolute atomic E-state index is 11.3. The maximum Gasteiger partial charge on any atom is 0.141 e. The number of halogens is 2. The molecule has 0 saturated carbocycles. The fourth-order valence-electron chi connectivity index (χ4n) is 3.27. The molecule has 0 amide bonds. The van der Waals surface area contributed by atoms with Crippen LogP contribution in [0.15, 0.2) is 69.1 Å². The highest BCUT2D eigenvalue weighted by molar-refractivity contribution is 9.11. The number of furan rings is 1. The lowest BCUT2D eigenvalue weighted by Crippen LogP contribution is -2.02. The first-order valence-electron chi connectivity index (χ1n) is 8.83. The Morgan fingerprint density at radius 3 is 2.71 bits per heavy atom. The van der Waals surface area contributed by atoms with E-state index >= 15 is 0 Å². The number of benzene rings is 1. The SMILES string of the molecule is CCc1oc(-c2cccc(Cl)c2)c(C(O)c2cccnc2)c1-c1ccc(Br)s1. The van der Waals surface area contributed by atoms with Crippen molar-refractivity contribution >= 4 is 38.9 Å². The number of pyridine rings is 1. The molecule has 0 bridgehead atoms. The summed E-state index contributed by atoms with van der Waals surface area (Å²) in [5.74, 6) is 1.47. The molecule has 0 aliphatic rings. The van der Waals surface area contributed by atoms with Gasteiger partial charge in [0.2, 0.25) is 0 Å². The summed E-state index contributed by atoms with van der Waals surface area (Å²) < 4.78 is 7.32. The number of aliphatic hydroxyl groups is 1. The molecule has 6 heteroatoms. The smallest absolute Gasteiger partial charge is 0.141 e. The van der Waals surface area contributed by atoms with Crippen molar-refractivity contribution in [3.8, 4) is 21.8 Å². The van der Waals surface area contributed by atoms with E-state index in [2.05, 4.69) is 20.9 Å². The Balaban J connectivity index is 2.00. The summed E-state index contributed by atoms with van der Waals surface area (Å²) >= 11 is 11.4. The Labute approximate surface area is 180 Å². The summed E-state index contributed by atoms with van der Waals surface area (Å²) in [6.07, 6.45) is 3.21. The largest absolute Gasteiger partial charge is 0.460 e. The highest BCUT2D eigenvalue weighted by Crippen LogP contribution is 2.46. The van der Waals surface area contributed by atoms with E-state index in [1.807, 2.05) is 55.5 Å². The summed E-state index contributed by atoms with van der Waals surface area (Å²) in [6.45, 7) is 2.05. The zero-order valence-corrected chi connectivity index (χ0v) is 18.2. The minimum atomic E-state index is -0.873. The van der Waals surface area contributed by atoms with E-state index in [-0.39, 0.29) is 0 Å². The third kappa shape index (κ3) is 3.67. The van der Waals surface area contributed by atoms with Gasteiger partial charge in [0, 0.05) is 51.0 Å². The van der Waals surface area contributed by atoms with Crippen LogP contribution in [0.4, 0.5) is 0 Å². The molecule has 0 saturated heterocycles.